The fourth-order valence-corrected chi connectivity index (χ4v) is 2.29. The Hall–Kier alpha value is -1.91. The minimum absolute atomic E-state index is 0.161. The first-order valence-electron chi connectivity index (χ1n) is 7.00. The molecule has 0 saturated heterocycles. The lowest BCUT2D eigenvalue weighted by molar-refractivity contribution is 0.0390. The van der Waals surface area contributed by atoms with Crippen molar-refractivity contribution in [2.75, 3.05) is 25.0 Å². The van der Waals surface area contributed by atoms with E-state index in [1.807, 2.05) is 42.3 Å². The number of nitrogens with two attached hydrogens (primary N) is 1. The van der Waals surface area contributed by atoms with E-state index in [1.54, 1.807) is 12.1 Å². The first-order chi connectivity index (χ1) is 10.0. The molecule has 1 unspecified atom stereocenters. The third kappa shape index (κ3) is 3.80. The third-order valence-corrected chi connectivity index (χ3v) is 3.78. The number of benzene rings is 2. The highest BCUT2D eigenvalue weighted by Crippen LogP contribution is 2.25. The predicted octanol–water partition coefficient (Wildman–Crippen LogP) is 2.50. The molecular weight excluding hydrogens is 267 g/mol. The van der Waals surface area contributed by atoms with E-state index in [4.69, 9.17) is 5.73 Å². The molecule has 3 N–H and O–H groups in total. The van der Waals surface area contributed by atoms with Gasteiger partial charge in [-0.25, -0.2) is 4.39 Å². The minimum atomic E-state index is -1.05. The Labute approximate surface area is 124 Å². The molecule has 0 spiro atoms. The fraction of sp³-hybridized carbons (Fsp3) is 0.294. The van der Waals surface area contributed by atoms with Crippen molar-refractivity contribution in [1.82, 2.24) is 0 Å². The van der Waals surface area contributed by atoms with Crippen molar-refractivity contribution < 1.29 is 9.50 Å². The first kappa shape index (κ1) is 15.5. The van der Waals surface area contributed by atoms with E-state index in [0.29, 0.717) is 13.0 Å². The lowest BCUT2D eigenvalue weighted by Crippen LogP contribution is -2.38. The summed E-state index contributed by atoms with van der Waals surface area (Å²) in [5, 5.41) is 10.7. The molecule has 0 aliphatic rings. The number of rotatable bonds is 6. The Morgan fingerprint density at radius 2 is 1.71 bits per heavy atom. The van der Waals surface area contributed by atoms with Crippen LogP contribution in [-0.4, -0.2) is 25.2 Å². The van der Waals surface area contributed by atoms with Crippen LogP contribution in [0, 0.1) is 5.82 Å². The summed E-state index contributed by atoms with van der Waals surface area (Å²) in [5.41, 5.74) is 6.45. The van der Waals surface area contributed by atoms with Crippen LogP contribution in [0.1, 0.15) is 12.0 Å². The van der Waals surface area contributed by atoms with Crippen LogP contribution in [0.3, 0.4) is 0 Å². The highest BCUT2D eigenvalue weighted by molar-refractivity contribution is 5.45. The molecule has 0 heterocycles. The molecule has 2 aromatic carbocycles. The average Bonchev–Trinajstić information content (AvgIpc) is 2.54. The lowest BCUT2D eigenvalue weighted by atomic mass is 9.90. The zero-order valence-electron chi connectivity index (χ0n) is 12.2. The average molecular weight is 288 g/mol. The molecule has 1 atom stereocenters. The molecular formula is C17H21FN2O. The van der Waals surface area contributed by atoms with Crippen LogP contribution in [0.15, 0.2) is 54.6 Å². The quantitative estimate of drug-likeness (QED) is 0.858. The summed E-state index contributed by atoms with van der Waals surface area (Å²) in [7, 11) is 1.91. The molecule has 0 radical (unpaired) electrons. The Balaban J connectivity index is 2.04. The zero-order valence-corrected chi connectivity index (χ0v) is 12.2. The summed E-state index contributed by atoms with van der Waals surface area (Å²) in [6.07, 6.45) is 0.501. The van der Waals surface area contributed by atoms with Crippen LogP contribution in [0.2, 0.25) is 0 Å². The second-order valence-electron chi connectivity index (χ2n) is 5.25. The predicted molar refractivity (Wildman–Crippen MR) is 83.7 cm³/mol. The van der Waals surface area contributed by atoms with Gasteiger partial charge < -0.3 is 15.7 Å². The van der Waals surface area contributed by atoms with Crippen molar-refractivity contribution in [1.29, 1.82) is 0 Å². The normalized spacial score (nSPS) is 13.7. The summed E-state index contributed by atoms with van der Waals surface area (Å²) < 4.78 is 12.9. The maximum atomic E-state index is 12.9. The molecule has 112 valence electrons. The second-order valence-corrected chi connectivity index (χ2v) is 5.25. The lowest BCUT2D eigenvalue weighted by Gasteiger charge is -2.30. The number of nitrogens with zero attached hydrogens (tertiary/aromatic N) is 1. The largest absolute Gasteiger partial charge is 0.384 e. The van der Waals surface area contributed by atoms with Gasteiger partial charge in [0.15, 0.2) is 0 Å². The molecule has 4 heteroatoms. The van der Waals surface area contributed by atoms with Gasteiger partial charge in [0.1, 0.15) is 11.4 Å². The van der Waals surface area contributed by atoms with Crippen LogP contribution >= 0.6 is 0 Å². The zero-order chi connectivity index (χ0) is 15.3. The van der Waals surface area contributed by atoms with Crippen LogP contribution < -0.4 is 10.6 Å². The van der Waals surface area contributed by atoms with Crippen molar-refractivity contribution >= 4 is 5.69 Å². The first-order valence-corrected chi connectivity index (χ1v) is 7.00. The van der Waals surface area contributed by atoms with Gasteiger partial charge in [0.2, 0.25) is 0 Å². The van der Waals surface area contributed by atoms with Gasteiger partial charge in [-0.3, -0.25) is 0 Å². The van der Waals surface area contributed by atoms with Crippen molar-refractivity contribution in [3.05, 3.63) is 66.0 Å². The fourth-order valence-electron chi connectivity index (χ4n) is 2.29. The van der Waals surface area contributed by atoms with Gasteiger partial charge >= 0.3 is 0 Å². The molecule has 2 rings (SSSR count). The van der Waals surface area contributed by atoms with Crippen LogP contribution in [0.25, 0.3) is 0 Å². The molecule has 2 aromatic rings. The summed E-state index contributed by atoms with van der Waals surface area (Å²) in [5.74, 6) is -0.255. The molecule has 0 aliphatic heterocycles. The molecule has 0 aromatic heterocycles. The van der Waals surface area contributed by atoms with E-state index < -0.39 is 5.60 Å². The van der Waals surface area contributed by atoms with Gasteiger partial charge in [0.25, 0.3) is 0 Å². The number of aliphatic hydroxyl groups is 1. The van der Waals surface area contributed by atoms with Gasteiger partial charge in [-0.2, -0.15) is 0 Å². The van der Waals surface area contributed by atoms with E-state index in [0.717, 1.165) is 11.3 Å². The number of anilines is 1. The highest BCUT2D eigenvalue weighted by Gasteiger charge is 2.27. The maximum absolute atomic E-state index is 12.9. The molecule has 0 aliphatic carbocycles. The third-order valence-electron chi connectivity index (χ3n) is 3.78. The highest BCUT2D eigenvalue weighted by atomic mass is 19.1. The summed E-state index contributed by atoms with van der Waals surface area (Å²) in [6, 6.07) is 15.7. The smallest absolute Gasteiger partial charge is 0.123 e. The van der Waals surface area contributed by atoms with Crippen molar-refractivity contribution in [2.45, 2.75) is 12.0 Å². The van der Waals surface area contributed by atoms with E-state index >= 15 is 0 Å². The Morgan fingerprint density at radius 3 is 2.29 bits per heavy atom. The topological polar surface area (TPSA) is 49.5 Å². The Kier molecular flexibility index (Phi) is 4.94. The minimum Gasteiger partial charge on any atom is -0.384 e. The molecule has 0 fully saturated rings. The number of hydrogen-bond acceptors (Lipinski definition) is 3. The molecule has 0 amide bonds. The summed E-state index contributed by atoms with van der Waals surface area (Å²) >= 11 is 0. The van der Waals surface area contributed by atoms with Crippen molar-refractivity contribution in [3.8, 4) is 0 Å². The van der Waals surface area contributed by atoms with E-state index in [1.165, 1.54) is 12.1 Å². The van der Waals surface area contributed by atoms with Gasteiger partial charge in [-0.15, -0.1) is 0 Å². The van der Waals surface area contributed by atoms with Crippen molar-refractivity contribution in [3.63, 3.8) is 0 Å². The van der Waals surface area contributed by atoms with E-state index in [-0.39, 0.29) is 12.4 Å². The Morgan fingerprint density at radius 1 is 1.10 bits per heavy atom. The van der Waals surface area contributed by atoms with Crippen molar-refractivity contribution in [2.24, 2.45) is 5.73 Å². The second kappa shape index (κ2) is 6.70. The molecule has 3 nitrogen and oxygen atoms in total. The van der Waals surface area contributed by atoms with Gasteiger partial charge in [0.05, 0.1) is 0 Å². The monoisotopic (exact) mass is 288 g/mol. The van der Waals surface area contributed by atoms with Gasteiger partial charge in [0, 0.05) is 25.8 Å². The summed E-state index contributed by atoms with van der Waals surface area (Å²) in [4.78, 5) is 1.98. The molecule has 0 bridgehead atoms. The van der Waals surface area contributed by atoms with Crippen LogP contribution in [-0.2, 0) is 5.60 Å². The van der Waals surface area contributed by atoms with Crippen LogP contribution in [0.5, 0.6) is 0 Å². The SMILES string of the molecule is CN(CCC(O)(CN)c1ccccc1)c1ccc(F)cc1. The van der Waals surface area contributed by atoms with E-state index in [9.17, 15) is 9.50 Å². The van der Waals surface area contributed by atoms with Gasteiger partial charge in [-0.1, -0.05) is 30.3 Å². The molecule has 0 saturated carbocycles. The Bertz CT molecular complexity index is 559. The number of halogens is 1. The summed E-state index contributed by atoms with van der Waals surface area (Å²) in [6.45, 7) is 0.780. The molecule has 21 heavy (non-hydrogen) atoms. The standard InChI is InChI=1S/C17H21FN2O/c1-20(16-9-7-15(18)8-10-16)12-11-17(21,13-19)14-5-3-2-4-6-14/h2-10,21H,11-13,19H2,1H3. The number of hydrogen-bond donors (Lipinski definition) is 2. The van der Waals surface area contributed by atoms with Crippen LogP contribution in [0.4, 0.5) is 10.1 Å². The van der Waals surface area contributed by atoms with Gasteiger partial charge in [-0.05, 0) is 36.2 Å². The maximum Gasteiger partial charge on any atom is 0.123 e. The van der Waals surface area contributed by atoms with E-state index in [2.05, 4.69) is 0 Å².